The minimum absolute atomic E-state index is 0.114. The molecule has 0 spiro atoms. The Hall–Kier alpha value is -4.18. The summed E-state index contributed by atoms with van der Waals surface area (Å²) < 4.78 is 40.2. The number of halogens is 2. The molecule has 8 nitrogen and oxygen atoms in total. The number of rotatable bonds is 9. The molecule has 0 unspecified atom stereocenters. The minimum atomic E-state index is -0.598. The summed E-state index contributed by atoms with van der Waals surface area (Å²) >= 11 is 0. The van der Waals surface area contributed by atoms with Gasteiger partial charge in [0.05, 0.1) is 6.61 Å². The standard InChI is InChI=1S/C29H29F2N5O3/c1-18-17-32-26(34-29(37)28-33-27(35-36-28)14-20-4-2-3-5-24(20)30)16-22(18)23-15-21(6-7-25(23)31)39-13-10-19-8-11-38-12-9-19/h2-7,15-17,19H,8-14H2,1H3,(H,32,34,37)(H,33,35,36). The molecule has 0 atom stereocenters. The molecule has 10 heteroatoms. The minimum Gasteiger partial charge on any atom is -0.494 e. The van der Waals surface area contributed by atoms with Gasteiger partial charge in [0.15, 0.2) is 0 Å². The number of pyridine rings is 1. The largest absolute Gasteiger partial charge is 0.494 e. The molecule has 0 saturated carbocycles. The second-order valence-electron chi connectivity index (χ2n) is 9.55. The van der Waals surface area contributed by atoms with Gasteiger partial charge in [-0.05, 0) is 79.1 Å². The van der Waals surface area contributed by atoms with E-state index < -0.39 is 11.7 Å². The number of anilines is 1. The Labute approximate surface area is 224 Å². The molecule has 2 aromatic heterocycles. The molecule has 0 radical (unpaired) electrons. The third kappa shape index (κ3) is 6.64. The summed E-state index contributed by atoms with van der Waals surface area (Å²) in [5, 5.41) is 9.27. The van der Waals surface area contributed by atoms with Crippen LogP contribution in [0.5, 0.6) is 5.75 Å². The molecule has 1 aliphatic heterocycles. The summed E-state index contributed by atoms with van der Waals surface area (Å²) in [5.74, 6) is 0.220. The molecule has 1 aliphatic rings. The first-order valence-corrected chi connectivity index (χ1v) is 12.9. The number of hydrogen-bond acceptors (Lipinski definition) is 6. The van der Waals surface area contributed by atoms with Gasteiger partial charge in [-0.1, -0.05) is 18.2 Å². The van der Waals surface area contributed by atoms with E-state index in [4.69, 9.17) is 9.47 Å². The first kappa shape index (κ1) is 26.4. The highest BCUT2D eigenvalue weighted by Crippen LogP contribution is 2.31. The van der Waals surface area contributed by atoms with Crippen LogP contribution in [0.2, 0.25) is 0 Å². The smallest absolute Gasteiger partial charge is 0.296 e. The number of amides is 1. The van der Waals surface area contributed by atoms with Gasteiger partial charge >= 0.3 is 0 Å². The number of nitrogens with zero attached hydrogens (tertiary/aromatic N) is 3. The Kier molecular flexibility index (Phi) is 8.21. The van der Waals surface area contributed by atoms with Gasteiger partial charge in [0.25, 0.3) is 5.91 Å². The summed E-state index contributed by atoms with van der Waals surface area (Å²) in [5.41, 5.74) is 2.08. The van der Waals surface area contributed by atoms with Gasteiger partial charge < -0.3 is 14.8 Å². The second-order valence-corrected chi connectivity index (χ2v) is 9.55. The topological polar surface area (TPSA) is 102 Å². The Morgan fingerprint density at radius 1 is 1.10 bits per heavy atom. The highest BCUT2D eigenvalue weighted by atomic mass is 19.1. The monoisotopic (exact) mass is 533 g/mol. The number of benzene rings is 2. The lowest BCUT2D eigenvalue weighted by Gasteiger charge is -2.21. The molecular weight excluding hydrogens is 504 g/mol. The summed E-state index contributed by atoms with van der Waals surface area (Å²) in [7, 11) is 0. The molecule has 3 heterocycles. The SMILES string of the molecule is Cc1cnc(NC(=O)c2n[nH]c(Cc3ccccc3F)n2)cc1-c1cc(OCCC2CCOCC2)ccc1F. The van der Waals surface area contributed by atoms with E-state index in [1.807, 2.05) is 6.92 Å². The van der Waals surface area contributed by atoms with Crippen LogP contribution in [-0.4, -0.2) is 45.9 Å². The second kappa shape index (κ2) is 12.1. The lowest BCUT2D eigenvalue weighted by molar-refractivity contribution is 0.0593. The molecular formula is C29H29F2N5O3. The van der Waals surface area contributed by atoms with E-state index in [9.17, 15) is 13.6 Å². The van der Waals surface area contributed by atoms with Crippen LogP contribution in [0.1, 0.15) is 46.8 Å². The Bertz CT molecular complexity index is 1450. The van der Waals surface area contributed by atoms with Crippen molar-refractivity contribution in [2.45, 2.75) is 32.6 Å². The maximum absolute atomic E-state index is 14.9. The predicted octanol–water partition coefficient (Wildman–Crippen LogP) is 5.49. The zero-order valence-electron chi connectivity index (χ0n) is 21.5. The van der Waals surface area contributed by atoms with E-state index in [1.54, 1.807) is 42.6 Å². The van der Waals surface area contributed by atoms with E-state index in [0.717, 1.165) is 38.0 Å². The third-order valence-corrected chi connectivity index (χ3v) is 6.76. The van der Waals surface area contributed by atoms with Crippen molar-refractivity contribution in [2.24, 2.45) is 5.92 Å². The molecule has 2 N–H and O–H groups in total. The summed E-state index contributed by atoms with van der Waals surface area (Å²) in [6, 6.07) is 12.6. The van der Waals surface area contributed by atoms with Gasteiger partial charge in [-0.3, -0.25) is 9.89 Å². The van der Waals surface area contributed by atoms with Crippen molar-refractivity contribution in [3.05, 3.63) is 89.1 Å². The van der Waals surface area contributed by atoms with Gasteiger partial charge in [0, 0.05) is 31.4 Å². The molecule has 1 saturated heterocycles. The van der Waals surface area contributed by atoms with Gasteiger partial charge in [-0.2, -0.15) is 0 Å². The molecule has 2 aromatic carbocycles. The molecule has 0 aliphatic carbocycles. The van der Waals surface area contributed by atoms with E-state index in [-0.39, 0.29) is 23.9 Å². The molecule has 202 valence electrons. The summed E-state index contributed by atoms with van der Waals surface area (Å²) in [6.45, 7) is 3.94. The maximum Gasteiger partial charge on any atom is 0.296 e. The summed E-state index contributed by atoms with van der Waals surface area (Å²) in [6.07, 6.45) is 4.70. The van der Waals surface area contributed by atoms with Crippen LogP contribution < -0.4 is 10.1 Å². The van der Waals surface area contributed by atoms with E-state index >= 15 is 0 Å². The lowest BCUT2D eigenvalue weighted by atomic mass is 9.97. The zero-order chi connectivity index (χ0) is 27.2. The number of aryl methyl sites for hydroxylation is 1. The van der Waals surface area contributed by atoms with E-state index in [0.29, 0.717) is 40.8 Å². The maximum atomic E-state index is 14.9. The molecule has 1 fully saturated rings. The van der Waals surface area contributed by atoms with Crippen molar-refractivity contribution >= 4 is 11.7 Å². The molecule has 5 rings (SSSR count). The molecule has 4 aromatic rings. The normalized spacial score (nSPS) is 13.8. The number of ether oxygens (including phenoxy) is 2. The fourth-order valence-corrected chi connectivity index (χ4v) is 4.53. The first-order chi connectivity index (χ1) is 19.0. The van der Waals surface area contributed by atoms with Crippen molar-refractivity contribution in [3.8, 4) is 16.9 Å². The van der Waals surface area contributed by atoms with E-state index in [1.165, 1.54) is 12.1 Å². The predicted molar refractivity (Wildman–Crippen MR) is 142 cm³/mol. The van der Waals surface area contributed by atoms with Crippen molar-refractivity contribution in [2.75, 3.05) is 25.1 Å². The highest BCUT2D eigenvalue weighted by molar-refractivity contribution is 6.01. The van der Waals surface area contributed by atoms with E-state index in [2.05, 4.69) is 25.5 Å². The third-order valence-electron chi connectivity index (χ3n) is 6.76. The number of carbonyl (C=O) groups excluding carboxylic acids is 1. The number of carbonyl (C=O) groups is 1. The summed E-state index contributed by atoms with van der Waals surface area (Å²) in [4.78, 5) is 21.2. The van der Waals surface area contributed by atoms with Crippen LogP contribution in [-0.2, 0) is 11.2 Å². The van der Waals surface area contributed by atoms with Crippen LogP contribution in [0.25, 0.3) is 11.1 Å². The molecule has 0 bridgehead atoms. The fourth-order valence-electron chi connectivity index (χ4n) is 4.53. The Morgan fingerprint density at radius 2 is 1.92 bits per heavy atom. The molecule has 39 heavy (non-hydrogen) atoms. The van der Waals surface area contributed by atoms with Gasteiger partial charge in [0.1, 0.15) is 29.0 Å². The first-order valence-electron chi connectivity index (χ1n) is 12.9. The number of nitrogens with one attached hydrogen (secondary N) is 2. The molecule has 1 amide bonds. The van der Waals surface area contributed by atoms with Crippen molar-refractivity contribution < 1.29 is 23.0 Å². The van der Waals surface area contributed by atoms with Crippen LogP contribution in [0.15, 0.2) is 54.7 Å². The van der Waals surface area contributed by atoms with Gasteiger partial charge in [-0.25, -0.2) is 18.7 Å². The Balaban J connectivity index is 1.26. The fraction of sp³-hybridized carbons (Fsp3) is 0.310. The number of aromatic amines is 1. The van der Waals surface area contributed by atoms with Crippen molar-refractivity contribution in [1.29, 1.82) is 0 Å². The van der Waals surface area contributed by atoms with Crippen LogP contribution in [0.4, 0.5) is 14.6 Å². The van der Waals surface area contributed by atoms with Crippen LogP contribution in [0.3, 0.4) is 0 Å². The van der Waals surface area contributed by atoms with Crippen LogP contribution >= 0.6 is 0 Å². The van der Waals surface area contributed by atoms with Crippen molar-refractivity contribution in [1.82, 2.24) is 20.2 Å². The van der Waals surface area contributed by atoms with Gasteiger partial charge in [-0.15, -0.1) is 5.10 Å². The lowest BCUT2D eigenvalue weighted by Crippen LogP contribution is -2.17. The van der Waals surface area contributed by atoms with Gasteiger partial charge in [0.2, 0.25) is 5.82 Å². The zero-order valence-corrected chi connectivity index (χ0v) is 21.5. The number of aromatic nitrogens is 4. The Morgan fingerprint density at radius 3 is 2.74 bits per heavy atom. The quantitative estimate of drug-likeness (QED) is 0.295. The highest BCUT2D eigenvalue weighted by Gasteiger charge is 2.17. The average molecular weight is 534 g/mol. The number of H-pyrrole nitrogens is 1. The van der Waals surface area contributed by atoms with Crippen molar-refractivity contribution in [3.63, 3.8) is 0 Å². The number of hydrogen-bond donors (Lipinski definition) is 2. The average Bonchev–Trinajstić information content (AvgIpc) is 3.41. The van der Waals surface area contributed by atoms with Crippen LogP contribution in [0, 0.1) is 24.5 Å².